The average molecular weight is 415 g/mol. The van der Waals surface area contributed by atoms with Crippen LogP contribution in [0.25, 0.3) is 0 Å². The predicted octanol–water partition coefficient (Wildman–Crippen LogP) is 2.62. The monoisotopic (exact) mass is 414 g/mol. The molecule has 30 heavy (non-hydrogen) atoms. The number of methoxy groups -OCH3 is 1. The summed E-state index contributed by atoms with van der Waals surface area (Å²) in [6, 6.07) is 5.97. The molecule has 1 aromatic rings. The summed E-state index contributed by atoms with van der Waals surface area (Å²) in [6.45, 7) is 4.86. The van der Waals surface area contributed by atoms with Crippen LogP contribution in [0.4, 0.5) is 5.69 Å². The molecule has 0 aromatic heterocycles. The molecule has 0 spiro atoms. The van der Waals surface area contributed by atoms with Crippen molar-refractivity contribution in [3.63, 3.8) is 0 Å². The minimum Gasteiger partial charge on any atom is -0.493 e. The maximum atomic E-state index is 12.2. The third-order valence-corrected chi connectivity index (χ3v) is 6.04. The van der Waals surface area contributed by atoms with Crippen molar-refractivity contribution in [2.75, 3.05) is 58.5 Å². The van der Waals surface area contributed by atoms with E-state index in [-0.39, 0.29) is 17.9 Å². The number of nitrogens with zero attached hydrogens (tertiary/aromatic N) is 2. The van der Waals surface area contributed by atoms with E-state index in [1.54, 1.807) is 7.11 Å². The molecule has 162 valence electrons. The molecule has 0 bridgehead atoms. The van der Waals surface area contributed by atoms with Gasteiger partial charge >= 0.3 is 5.97 Å². The molecule has 0 N–H and O–H groups in total. The summed E-state index contributed by atoms with van der Waals surface area (Å²) in [7, 11) is 3.68. The van der Waals surface area contributed by atoms with Gasteiger partial charge in [0.2, 0.25) is 0 Å². The van der Waals surface area contributed by atoms with E-state index in [1.807, 2.05) is 37.4 Å². The van der Waals surface area contributed by atoms with E-state index in [1.165, 1.54) is 0 Å². The number of anilines is 1. The fraction of sp³-hybridized carbons (Fsp3) is 0.522. The largest absolute Gasteiger partial charge is 0.493 e. The Morgan fingerprint density at radius 1 is 1.23 bits per heavy atom. The summed E-state index contributed by atoms with van der Waals surface area (Å²) < 4.78 is 22.5. The van der Waals surface area contributed by atoms with Crippen LogP contribution in [-0.4, -0.2) is 70.5 Å². The zero-order valence-electron chi connectivity index (χ0n) is 17.7. The zero-order valence-corrected chi connectivity index (χ0v) is 17.7. The lowest BCUT2D eigenvalue weighted by Crippen LogP contribution is -2.45. The van der Waals surface area contributed by atoms with Crippen LogP contribution >= 0.6 is 0 Å². The van der Waals surface area contributed by atoms with Gasteiger partial charge in [0, 0.05) is 50.4 Å². The van der Waals surface area contributed by atoms with Gasteiger partial charge in [0.15, 0.2) is 11.5 Å². The molecule has 2 aliphatic heterocycles. The summed E-state index contributed by atoms with van der Waals surface area (Å²) in [5.74, 6) is 2.18. The standard InChI is InChI=1S/C23H30N2O5/c1-24(19-16-23(26)30-20-6-4-3-5-18(19)20)17-7-8-21(27-2)22(15-17)29-14-11-25-9-12-28-13-10-25/h3-4,6-8,15,18-19H,5,9-14,16H2,1-2H3. The number of esters is 1. The highest BCUT2D eigenvalue weighted by Gasteiger charge is 2.37. The van der Waals surface area contributed by atoms with Crippen LogP contribution in [-0.2, 0) is 14.3 Å². The number of rotatable bonds is 7. The molecule has 0 radical (unpaired) electrons. The molecule has 7 heteroatoms. The molecular weight excluding hydrogens is 384 g/mol. The first-order chi connectivity index (χ1) is 14.7. The van der Waals surface area contributed by atoms with Crippen LogP contribution in [0, 0.1) is 5.92 Å². The minimum atomic E-state index is -0.180. The van der Waals surface area contributed by atoms with Gasteiger partial charge in [-0.3, -0.25) is 9.69 Å². The Morgan fingerprint density at radius 2 is 2.07 bits per heavy atom. The molecule has 2 fully saturated rings. The summed E-state index contributed by atoms with van der Waals surface area (Å²) in [6.07, 6.45) is 7.22. The molecule has 1 aliphatic carbocycles. The van der Waals surface area contributed by atoms with Crippen LogP contribution < -0.4 is 14.4 Å². The highest BCUT2D eigenvalue weighted by molar-refractivity contribution is 5.74. The maximum absolute atomic E-state index is 12.2. The number of morpholine rings is 1. The maximum Gasteiger partial charge on any atom is 0.312 e. The lowest BCUT2D eigenvalue weighted by atomic mass is 9.86. The van der Waals surface area contributed by atoms with Gasteiger partial charge in [-0.2, -0.15) is 0 Å². The van der Waals surface area contributed by atoms with Gasteiger partial charge in [-0.15, -0.1) is 0 Å². The van der Waals surface area contributed by atoms with E-state index < -0.39 is 0 Å². The summed E-state index contributed by atoms with van der Waals surface area (Å²) >= 11 is 0. The van der Waals surface area contributed by atoms with E-state index in [4.69, 9.17) is 18.9 Å². The second kappa shape index (κ2) is 9.53. The third kappa shape index (κ3) is 4.63. The van der Waals surface area contributed by atoms with Crippen molar-refractivity contribution in [3.8, 4) is 11.5 Å². The Hall–Kier alpha value is -2.51. The minimum absolute atomic E-state index is 0.0389. The van der Waals surface area contributed by atoms with Crippen molar-refractivity contribution < 1.29 is 23.7 Å². The highest BCUT2D eigenvalue weighted by Crippen LogP contribution is 2.38. The van der Waals surface area contributed by atoms with E-state index in [2.05, 4.69) is 15.9 Å². The van der Waals surface area contributed by atoms with Crippen molar-refractivity contribution in [2.24, 2.45) is 5.92 Å². The fourth-order valence-electron chi connectivity index (χ4n) is 4.28. The lowest BCUT2D eigenvalue weighted by molar-refractivity contribution is -0.144. The number of carbonyl (C=O) groups excluding carboxylic acids is 1. The van der Waals surface area contributed by atoms with Crippen LogP contribution in [0.15, 0.2) is 42.2 Å². The van der Waals surface area contributed by atoms with Crippen LogP contribution in [0.1, 0.15) is 12.8 Å². The zero-order chi connectivity index (χ0) is 20.9. The fourth-order valence-corrected chi connectivity index (χ4v) is 4.28. The molecule has 2 unspecified atom stereocenters. The molecular formula is C23H30N2O5. The quantitative estimate of drug-likeness (QED) is 0.636. The van der Waals surface area contributed by atoms with Crippen molar-refractivity contribution >= 4 is 11.7 Å². The van der Waals surface area contributed by atoms with Gasteiger partial charge in [-0.05, 0) is 24.6 Å². The van der Waals surface area contributed by atoms with E-state index in [9.17, 15) is 4.79 Å². The molecule has 2 heterocycles. The highest BCUT2D eigenvalue weighted by atomic mass is 16.5. The molecule has 3 aliphatic rings. The van der Waals surface area contributed by atoms with Crippen LogP contribution in [0.3, 0.4) is 0 Å². The first-order valence-electron chi connectivity index (χ1n) is 10.6. The molecule has 0 saturated carbocycles. The van der Waals surface area contributed by atoms with Crippen molar-refractivity contribution in [3.05, 3.63) is 42.2 Å². The Labute approximate surface area is 177 Å². The molecule has 1 aromatic carbocycles. The number of allylic oxidation sites excluding steroid dienone is 3. The van der Waals surface area contributed by atoms with Gasteiger partial charge < -0.3 is 23.8 Å². The number of benzene rings is 1. The summed E-state index contributed by atoms with van der Waals surface area (Å²) in [4.78, 5) is 16.6. The van der Waals surface area contributed by atoms with Crippen molar-refractivity contribution in [1.29, 1.82) is 0 Å². The van der Waals surface area contributed by atoms with Crippen molar-refractivity contribution in [2.45, 2.75) is 18.9 Å². The first kappa shape index (κ1) is 20.8. The average Bonchev–Trinajstić information content (AvgIpc) is 2.78. The normalized spacial score (nSPS) is 23.9. The lowest BCUT2D eigenvalue weighted by Gasteiger charge is -2.40. The third-order valence-electron chi connectivity index (χ3n) is 6.04. The molecule has 2 saturated heterocycles. The van der Waals surface area contributed by atoms with E-state index >= 15 is 0 Å². The number of hydrogen-bond acceptors (Lipinski definition) is 7. The number of carbonyl (C=O) groups is 1. The van der Waals surface area contributed by atoms with Gasteiger partial charge in [-0.1, -0.05) is 12.2 Å². The Balaban J connectivity index is 1.46. The SMILES string of the molecule is COc1ccc(N(C)C2CC(=O)OC3=CC=CCC32)cc1OCCN1CCOCC1. The smallest absolute Gasteiger partial charge is 0.312 e. The second-order valence-corrected chi connectivity index (χ2v) is 7.83. The van der Waals surface area contributed by atoms with Gasteiger partial charge in [0.25, 0.3) is 0 Å². The first-order valence-corrected chi connectivity index (χ1v) is 10.6. The van der Waals surface area contributed by atoms with Crippen molar-refractivity contribution in [1.82, 2.24) is 4.90 Å². The number of fused-ring (bicyclic) bond motifs is 1. The topological polar surface area (TPSA) is 60.5 Å². The summed E-state index contributed by atoms with van der Waals surface area (Å²) in [5, 5.41) is 0. The summed E-state index contributed by atoms with van der Waals surface area (Å²) in [5.41, 5.74) is 0.991. The molecule has 7 nitrogen and oxygen atoms in total. The van der Waals surface area contributed by atoms with Gasteiger partial charge in [0.05, 0.1) is 26.7 Å². The predicted molar refractivity (Wildman–Crippen MR) is 114 cm³/mol. The second-order valence-electron chi connectivity index (χ2n) is 7.83. The molecule has 4 rings (SSSR count). The Kier molecular flexibility index (Phi) is 6.59. The van der Waals surface area contributed by atoms with E-state index in [0.717, 1.165) is 50.7 Å². The van der Waals surface area contributed by atoms with Gasteiger partial charge in [-0.25, -0.2) is 0 Å². The Morgan fingerprint density at radius 3 is 2.87 bits per heavy atom. The molecule has 2 atom stereocenters. The number of hydrogen-bond donors (Lipinski definition) is 0. The van der Waals surface area contributed by atoms with Gasteiger partial charge in [0.1, 0.15) is 12.4 Å². The number of ether oxygens (including phenoxy) is 4. The van der Waals surface area contributed by atoms with Crippen LogP contribution in [0.2, 0.25) is 0 Å². The van der Waals surface area contributed by atoms with E-state index in [0.29, 0.717) is 24.5 Å². The van der Waals surface area contributed by atoms with Crippen LogP contribution in [0.5, 0.6) is 11.5 Å². The molecule has 0 amide bonds. The Bertz CT molecular complexity index is 816.